The van der Waals surface area contributed by atoms with Gasteiger partial charge in [-0.25, -0.2) is 9.97 Å². The molecule has 1 heterocycles. The number of methoxy groups -OCH3 is 2. The molecule has 0 unspecified atom stereocenters. The molecular formula is C14H27N5O2. The summed E-state index contributed by atoms with van der Waals surface area (Å²) in [4.78, 5) is 11.0. The summed E-state index contributed by atoms with van der Waals surface area (Å²) in [7, 11) is 5.43. The van der Waals surface area contributed by atoms with Gasteiger partial charge in [0.25, 0.3) is 0 Å². The number of anilines is 2. The quantitative estimate of drug-likeness (QED) is 0.632. The molecule has 1 aromatic heterocycles. The summed E-state index contributed by atoms with van der Waals surface area (Å²) in [6.07, 6.45) is 0. The zero-order chi connectivity index (χ0) is 15.5. The van der Waals surface area contributed by atoms with Crippen molar-refractivity contribution in [1.29, 1.82) is 0 Å². The molecule has 0 aliphatic carbocycles. The highest BCUT2D eigenvalue weighted by Gasteiger charge is 2.04. The average molecular weight is 297 g/mol. The molecule has 0 aliphatic rings. The third-order valence-corrected chi connectivity index (χ3v) is 2.88. The van der Waals surface area contributed by atoms with Crippen molar-refractivity contribution in [2.24, 2.45) is 0 Å². The SMILES string of the molecule is CCNc1cc(NCCN(C)CCOC)nc(COC)n1. The van der Waals surface area contributed by atoms with Gasteiger partial charge < -0.3 is 25.0 Å². The first-order valence-electron chi connectivity index (χ1n) is 7.21. The molecule has 1 rings (SSSR count). The molecule has 0 aromatic carbocycles. The van der Waals surface area contributed by atoms with Crippen LogP contribution < -0.4 is 10.6 Å². The molecule has 0 saturated heterocycles. The fourth-order valence-corrected chi connectivity index (χ4v) is 1.79. The van der Waals surface area contributed by atoms with Gasteiger partial charge in [0.15, 0.2) is 5.82 Å². The molecule has 0 bridgehead atoms. The van der Waals surface area contributed by atoms with E-state index in [9.17, 15) is 0 Å². The van der Waals surface area contributed by atoms with Crippen LogP contribution in [0.5, 0.6) is 0 Å². The minimum atomic E-state index is 0.404. The third-order valence-electron chi connectivity index (χ3n) is 2.88. The van der Waals surface area contributed by atoms with Crippen LogP contribution in [-0.4, -0.2) is 68.9 Å². The fraction of sp³-hybridized carbons (Fsp3) is 0.714. The van der Waals surface area contributed by atoms with Crippen molar-refractivity contribution in [3.63, 3.8) is 0 Å². The Morgan fingerprint density at radius 2 is 1.81 bits per heavy atom. The van der Waals surface area contributed by atoms with E-state index in [1.165, 1.54) is 0 Å². The van der Waals surface area contributed by atoms with Crippen molar-refractivity contribution in [2.75, 3.05) is 64.7 Å². The Bertz CT molecular complexity index is 379. The summed E-state index contributed by atoms with van der Waals surface area (Å²) in [5.74, 6) is 2.30. The monoisotopic (exact) mass is 297 g/mol. The molecule has 2 N–H and O–H groups in total. The molecular weight excluding hydrogens is 270 g/mol. The summed E-state index contributed by atoms with van der Waals surface area (Å²) in [5.41, 5.74) is 0. The summed E-state index contributed by atoms with van der Waals surface area (Å²) in [5, 5.41) is 6.52. The highest BCUT2D eigenvalue weighted by Crippen LogP contribution is 2.11. The van der Waals surface area contributed by atoms with Gasteiger partial charge in [-0.15, -0.1) is 0 Å². The largest absolute Gasteiger partial charge is 0.383 e. The number of nitrogens with one attached hydrogen (secondary N) is 2. The van der Waals surface area contributed by atoms with Crippen LogP contribution in [0.1, 0.15) is 12.7 Å². The lowest BCUT2D eigenvalue weighted by atomic mass is 10.4. The highest BCUT2D eigenvalue weighted by atomic mass is 16.5. The Morgan fingerprint density at radius 3 is 2.43 bits per heavy atom. The Labute approximate surface area is 127 Å². The number of rotatable bonds is 11. The van der Waals surface area contributed by atoms with Crippen LogP contribution in [0.2, 0.25) is 0 Å². The van der Waals surface area contributed by atoms with Crippen LogP contribution in [0.25, 0.3) is 0 Å². The molecule has 0 amide bonds. The van der Waals surface area contributed by atoms with E-state index in [2.05, 4.69) is 32.5 Å². The molecule has 0 spiro atoms. The van der Waals surface area contributed by atoms with Crippen LogP contribution >= 0.6 is 0 Å². The second-order valence-corrected chi connectivity index (χ2v) is 4.74. The summed E-state index contributed by atoms with van der Waals surface area (Å²) in [6.45, 7) is 6.66. The summed E-state index contributed by atoms with van der Waals surface area (Å²) < 4.78 is 10.2. The number of nitrogens with zero attached hydrogens (tertiary/aromatic N) is 3. The molecule has 0 atom stereocenters. The first-order valence-corrected chi connectivity index (χ1v) is 7.21. The minimum absolute atomic E-state index is 0.404. The van der Waals surface area contributed by atoms with E-state index in [1.54, 1.807) is 14.2 Å². The lowest BCUT2D eigenvalue weighted by Crippen LogP contribution is -2.28. The van der Waals surface area contributed by atoms with Gasteiger partial charge in [0, 0.05) is 46.5 Å². The molecule has 120 valence electrons. The van der Waals surface area contributed by atoms with E-state index in [-0.39, 0.29) is 0 Å². The maximum absolute atomic E-state index is 5.10. The second-order valence-electron chi connectivity index (χ2n) is 4.74. The van der Waals surface area contributed by atoms with Gasteiger partial charge in [0.05, 0.1) is 6.61 Å². The van der Waals surface area contributed by atoms with Gasteiger partial charge >= 0.3 is 0 Å². The average Bonchev–Trinajstić information content (AvgIpc) is 2.45. The summed E-state index contributed by atoms with van der Waals surface area (Å²) in [6, 6.07) is 1.91. The van der Waals surface area contributed by atoms with Gasteiger partial charge in [-0.05, 0) is 14.0 Å². The van der Waals surface area contributed by atoms with Crippen LogP contribution in [-0.2, 0) is 16.1 Å². The van der Waals surface area contributed by atoms with E-state index in [4.69, 9.17) is 9.47 Å². The smallest absolute Gasteiger partial charge is 0.158 e. The Hall–Kier alpha value is -1.44. The Balaban J connectivity index is 2.52. The van der Waals surface area contributed by atoms with Crippen LogP contribution in [0.15, 0.2) is 6.07 Å². The lowest BCUT2D eigenvalue weighted by molar-refractivity contribution is 0.163. The van der Waals surface area contributed by atoms with E-state index < -0.39 is 0 Å². The molecule has 0 aliphatic heterocycles. The number of hydrogen-bond acceptors (Lipinski definition) is 7. The van der Waals surface area contributed by atoms with Crippen molar-refractivity contribution in [3.05, 3.63) is 11.9 Å². The summed E-state index contributed by atoms with van der Waals surface area (Å²) >= 11 is 0. The van der Waals surface area contributed by atoms with Crippen LogP contribution in [0, 0.1) is 0 Å². The van der Waals surface area contributed by atoms with E-state index in [0.29, 0.717) is 12.4 Å². The van der Waals surface area contributed by atoms with E-state index in [0.717, 1.165) is 44.4 Å². The minimum Gasteiger partial charge on any atom is -0.383 e. The Kier molecular flexibility index (Phi) is 8.65. The molecule has 21 heavy (non-hydrogen) atoms. The zero-order valence-electron chi connectivity index (χ0n) is 13.5. The normalized spacial score (nSPS) is 10.9. The van der Waals surface area contributed by atoms with Crippen molar-refractivity contribution < 1.29 is 9.47 Å². The first-order chi connectivity index (χ1) is 10.2. The number of likely N-dealkylation sites (N-methyl/N-ethyl adjacent to an activating group) is 1. The van der Waals surface area contributed by atoms with E-state index >= 15 is 0 Å². The molecule has 0 fully saturated rings. The molecule has 7 heteroatoms. The number of ether oxygens (including phenoxy) is 2. The van der Waals surface area contributed by atoms with Gasteiger partial charge in [0.2, 0.25) is 0 Å². The number of hydrogen-bond donors (Lipinski definition) is 2. The maximum atomic E-state index is 5.10. The van der Waals surface area contributed by atoms with Gasteiger partial charge in [-0.3, -0.25) is 0 Å². The van der Waals surface area contributed by atoms with Gasteiger partial charge in [-0.2, -0.15) is 0 Å². The first kappa shape index (κ1) is 17.6. The highest BCUT2D eigenvalue weighted by molar-refractivity contribution is 5.47. The third kappa shape index (κ3) is 7.22. The molecule has 7 nitrogen and oxygen atoms in total. The van der Waals surface area contributed by atoms with Gasteiger partial charge in [-0.1, -0.05) is 0 Å². The Morgan fingerprint density at radius 1 is 1.10 bits per heavy atom. The zero-order valence-corrected chi connectivity index (χ0v) is 13.5. The van der Waals surface area contributed by atoms with Gasteiger partial charge in [0.1, 0.15) is 18.2 Å². The number of aromatic nitrogens is 2. The van der Waals surface area contributed by atoms with Crippen molar-refractivity contribution in [3.8, 4) is 0 Å². The van der Waals surface area contributed by atoms with Crippen LogP contribution in [0.3, 0.4) is 0 Å². The van der Waals surface area contributed by atoms with Crippen molar-refractivity contribution >= 4 is 11.6 Å². The maximum Gasteiger partial charge on any atom is 0.158 e. The standard InChI is InChI=1S/C14H27N5O2/c1-5-15-12-10-13(18-14(17-12)11-21-4)16-6-7-19(2)8-9-20-3/h10H,5-9,11H2,1-4H3,(H2,15,16,17,18). The van der Waals surface area contributed by atoms with Crippen LogP contribution in [0.4, 0.5) is 11.6 Å². The van der Waals surface area contributed by atoms with Crippen molar-refractivity contribution in [1.82, 2.24) is 14.9 Å². The second kappa shape index (κ2) is 10.3. The van der Waals surface area contributed by atoms with E-state index in [1.807, 2.05) is 13.0 Å². The molecule has 0 saturated carbocycles. The molecule has 1 aromatic rings. The predicted molar refractivity (Wildman–Crippen MR) is 84.8 cm³/mol. The molecule has 0 radical (unpaired) electrons. The lowest BCUT2D eigenvalue weighted by Gasteiger charge is -2.17. The fourth-order valence-electron chi connectivity index (χ4n) is 1.79. The predicted octanol–water partition coefficient (Wildman–Crippen LogP) is 1.04. The van der Waals surface area contributed by atoms with Crippen molar-refractivity contribution in [2.45, 2.75) is 13.5 Å². The topological polar surface area (TPSA) is 71.5 Å².